The average Bonchev–Trinajstić information content (AvgIpc) is 2.66. The number of piperidine rings is 1. The Bertz CT molecular complexity index is 887. The van der Waals surface area contributed by atoms with E-state index in [2.05, 4.69) is 0 Å². The molecular weight excluding hydrogens is 402 g/mol. The van der Waals surface area contributed by atoms with Crippen LogP contribution in [0.2, 0.25) is 0 Å². The largest absolute Gasteiger partial charge is 0.481 e. The summed E-state index contributed by atoms with van der Waals surface area (Å²) >= 11 is 0. The number of benzene rings is 1. The van der Waals surface area contributed by atoms with Crippen LogP contribution in [0.5, 0.6) is 0 Å². The fraction of sp³-hybridized carbons (Fsp3) is 0.611. The average molecular weight is 427 g/mol. The Morgan fingerprint density at radius 3 is 2.31 bits per heavy atom. The Labute approximate surface area is 169 Å². The van der Waals surface area contributed by atoms with Gasteiger partial charge in [-0.1, -0.05) is 0 Å². The number of nitro benzene ring substituents is 1. The molecule has 0 saturated carbocycles. The molecule has 0 spiro atoms. The molecule has 0 amide bonds. The second kappa shape index (κ2) is 8.25. The lowest BCUT2D eigenvalue weighted by atomic mass is 9.99. The van der Waals surface area contributed by atoms with Gasteiger partial charge in [-0.05, 0) is 38.8 Å². The number of hydrogen-bond acceptors (Lipinski definition) is 7. The van der Waals surface area contributed by atoms with Crippen molar-refractivity contribution in [1.29, 1.82) is 0 Å². The SMILES string of the molecule is C[C@@H]1CN(c2ccc(S(=O)(=O)N3CCC(C(=O)O)CC3)cc2[N+](=O)[O-])C[C@@H](C)O1. The fourth-order valence-electron chi connectivity index (χ4n) is 3.94. The number of nitro groups is 1. The molecule has 2 saturated heterocycles. The molecule has 0 radical (unpaired) electrons. The van der Waals surface area contributed by atoms with Crippen LogP contribution in [0.3, 0.4) is 0 Å². The van der Waals surface area contributed by atoms with E-state index >= 15 is 0 Å². The zero-order valence-electron chi connectivity index (χ0n) is 16.4. The molecule has 1 aromatic rings. The van der Waals surface area contributed by atoms with E-state index in [-0.39, 0.29) is 48.7 Å². The van der Waals surface area contributed by atoms with E-state index in [9.17, 15) is 23.3 Å². The first-order chi connectivity index (χ1) is 13.6. The molecule has 0 unspecified atom stereocenters. The van der Waals surface area contributed by atoms with Crippen LogP contribution >= 0.6 is 0 Å². The monoisotopic (exact) mass is 427 g/mol. The van der Waals surface area contributed by atoms with Gasteiger partial charge in [0.15, 0.2) is 0 Å². The molecule has 10 nitrogen and oxygen atoms in total. The predicted molar refractivity (Wildman–Crippen MR) is 104 cm³/mol. The molecule has 0 bridgehead atoms. The summed E-state index contributed by atoms with van der Waals surface area (Å²) in [4.78, 5) is 23.9. The maximum atomic E-state index is 13.0. The molecule has 0 aliphatic carbocycles. The van der Waals surface area contributed by atoms with Gasteiger partial charge in [0.05, 0.1) is 27.9 Å². The van der Waals surface area contributed by atoms with Crippen LogP contribution in [0.1, 0.15) is 26.7 Å². The summed E-state index contributed by atoms with van der Waals surface area (Å²) in [7, 11) is -3.94. The number of carbonyl (C=O) groups is 1. The van der Waals surface area contributed by atoms with E-state index in [4.69, 9.17) is 9.84 Å². The van der Waals surface area contributed by atoms with Gasteiger partial charge in [0.2, 0.25) is 10.0 Å². The standard InChI is InChI=1S/C18H25N3O7S/c1-12-10-19(11-13(2)28-12)16-4-3-15(9-17(16)21(24)25)29(26,27)20-7-5-14(6-8-20)18(22)23/h3-4,9,12-14H,5-8,10-11H2,1-2H3,(H,22,23)/t12-,13-/m1/s1. The van der Waals surface area contributed by atoms with Gasteiger partial charge in [-0.25, -0.2) is 8.42 Å². The van der Waals surface area contributed by atoms with Crippen LogP contribution in [0.4, 0.5) is 11.4 Å². The molecule has 1 aromatic carbocycles. The molecule has 2 aliphatic rings. The maximum absolute atomic E-state index is 13.0. The first kappa shape index (κ1) is 21.5. The number of carboxylic acids is 1. The lowest BCUT2D eigenvalue weighted by Crippen LogP contribution is -2.45. The van der Waals surface area contributed by atoms with E-state index in [1.54, 1.807) is 0 Å². The quantitative estimate of drug-likeness (QED) is 0.555. The molecular formula is C18H25N3O7S. The van der Waals surface area contributed by atoms with Crippen molar-refractivity contribution in [1.82, 2.24) is 4.31 Å². The number of hydrogen-bond donors (Lipinski definition) is 1. The molecule has 29 heavy (non-hydrogen) atoms. The van der Waals surface area contributed by atoms with Crippen molar-refractivity contribution in [3.8, 4) is 0 Å². The van der Waals surface area contributed by atoms with Crippen molar-refractivity contribution in [3.05, 3.63) is 28.3 Å². The second-order valence-corrected chi connectivity index (χ2v) is 9.52. The van der Waals surface area contributed by atoms with Crippen LogP contribution < -0.4 is 4.90 Å². The van der Waals surface area contributed by atoms with Crippen LogP contribution in [0, 0.1) is 16.0 Å². The number of carboxylic acid groups (broad SMARTS) is 1. The van der Waals surface area contributed by atoms with E-state index in [1.165, 1.54) is 16.4 Å². The Kier molecular flexibility index (Phi) is 6.11. The van der Waals surface area contributed by atoms with Gasteiger partial charge in [0.25, 0.3) is 5.69 Å². The fourth-order valence-corrected chi connectivity index (χ4v) is 5.43. The summed E-state index contributed by atoms with van der Waals surface area (Å²) in [6.45, 7) is 4.86. The van der Waals surface area contributed by atoms with E-state index in [0.717, 1.165) is 6.07 Å². The summed E-state index contributed by atoms with van der Waals surface area (Å²) in [6.07, 6.45) is 0.242. The van der Waals surface area contributed by atoms with Gasteiger partial charge in [0.1, 0.15) is 5.69 Å². The molecule has 0 aromatic heterocycles. The number of sulfonamides is 1. The predicted octanol–water partition coefficient (Wildman–Crippen LogP) is 1.69. The van der Waals surface area contributed by atoms with Crippen LogP contribution in [0.25, 0.3) is 0 Å². The molecule has 2 aliphatic heterocycles. The molecule has 2 fully saturated rings. The summed E-state index contributed by atoms with van der Waals surface area (Å²) in [6, 6.07) is 3.95. The molecule has 160 valence electrons. The molecule has 2 atom stereocenters. The summed E-state index contributed by atoms with van der Waals surface area (Å²) < 4.78 is 32.8. The first-order valence-electron chi connectivity index (χ1n) is 9.51. The number of anilines is 1. The highest BCUT2D eigenvalue weighted by Gasteiger charge is 2.34. The third-order valence-electron chi connectivity index (χ3n) is 5.34. The number of nitrogens with zero attached hydrogens (tertiary/aromatic N) is 3. The van der Waals surface area contributed by atoms with Gasteiger partial charge in [-0.2, -0.15) is 4.31 Å². The minimum atomic E-state index is -3.94. The van der Waals surface area contributed by atoms with Crippen LogP contribution in [0.15, 0.2) is 23.1 Å². The first-order valence-corrected chi connectivity index (χ1v) is 11.0. The molecule has 2 heterocycles. The third-order valence-corrected chi connectivity index (χ3v) is 7.24. The highest BCUT2D eigenvalue weighted by Crippen LogP contribution is 2.34. The molecule has 3 rings (SSSR count). The van der Waals surface area contributed by atoms with E-state index < -0.39 is 26.8 Å². The molecule has 1 N–H and O–H groups in total. The number of morpholine rings is 1. The Morgan fingerprint density at radius 1 is 1.21 bits per heavy atom. The minimum Gasteiger partial charge on any atom is -0.481 e. The number of ether oxygens (including phenoxy) is 1. The molecule has 11 heteroatoms. The van der Waals surface area contributed by atoms with Gasteiger partial charge in [-0.3, -0.25) is 14.9 Å². The van der Waals surface area contributed by atoms with Gasteiger partial charge >= 0.3 is 5.97 Å². The van der Waals surface area contributed by atoms with Gasteiger partial charge in [-0.15, -0.1) is 0 Å². The Morgan fingerprint density at radius 2 is 1.79 bits per heavy atom. The Hall–Kier alpha value is -2.24. The zero-order chi connectivity index (χ0) is 21.3. The van der Waals surface area contributed by atoms with Gasteiger partial charge < -0.3 is 14.7 Å². The summed E-state index contributed by atoms with van der Waals surface area (Å²) in [5.74, 6) is -1.50. The van der Waals surface area contributed by atoms with Crippen molar-refractivity contribution in [2.45, 2.75) is 43.8 Å². The Balaban J connectivity index is 1.88. The lowest BCUT2D eigenvalue weighted by Gasteiger charge is -2.36. The van der Waals surface area contributed by atoms with Crippen LogP contribution in [-0.4, -0.2) is 67.1 Å². The van der Waals surface area contributed by atoms with E-state index in [0.29, 0.717) is 18.8 Å². The normalized spacial score (nSPS) is 24.4. The maximum Gasteiger partial charge on any atom is 0.306 e. The number of aliphatic carboxylic acids is 1. The highest BCUT2D eigenvalue weighted by atomic mass is 32.2. The lowest BCUT2D eigenvalue weighted by molar-refractivity contribution is -0.384. The van der Waals surface area contributed by atoms with Crippen LogP contribution in [-0.2, 0) is 19.6 Å². The smallest absolute Gasteiger partial charge is 0.306 e. The van der Waals surface area contributed by atoms with Crippen molar-refractivity contribution in [2.75, 3.05) is 31.1 Å². The van der Waals surface area contributed by atoms with Crippen molar-refractivity contribution >= 4 is 27.4 Å². The topological polar surface area (TPSA) is 130 Å². The second-order valence-electron chi connectivity index (χ2n) is 7.59. The van der Waals surface area contributed by atoms with Crippen molar-refractivity contribution < 1.29 is 28.0 Å². The minimum absolute atomic E-state index is 0.0767. The van der Waals surface area contributed by atoms with Gasteiger partial charge in [0, 0.05) is 32.2 Å². The number of rotatable bonds is 5. The van der Waals surface area contributed by atoms with Crippen molar-refractivity contribution in [3.63, 3.8) is 0 Å². The van der Waals surface area contributed by atoms with Crippen molar-refractivity contribution in [2.24, 2.45) is 5.92 Å². The summed E-state index contributed by atoms with van der Waals surface area (Å²) in [5, 5.41) is 20.8. The summed E-state index contributed by atoms with van der Waals surface area (Å²) in [5.41, 5.74) is 0.0910. The zero-order valence-corrected chi connectivity index (χ0v) is 17.2. The highest BCUT2D eigenvalue weighted by molar-refractivity contribution is 7.89. The van der Waals surface area contributed by atoms with E-state index in [1.807, 2.05) is 18.7 Å². The third kappa shape index (κ3) is 4.51.